The molecule has 6 nitrogen and oxygen atoms in total. The Kier molecular flexibility index (Phi) is 4.76. The van der Waals surface area contributed by atoms with Crippen LogP contribution in [-0.4, -0.2) is 40.5 Å². The Morgan fingerprint density at radius 3 is 2.76 bits per heavy atom. The van der Waals surface area contributed by atoms with E-state index in [1.165, 1.54) is 0 Å². The van der Waals surface area contributed by atoms with Crippen molar-refractivity contribution in [3.8, 4) is 6.07 Å². The van der Waals surface area contributed by atoms with Gasteiger partial charge < -0.3 is 15.4 Å². The van der Waals surface area contributed by atoms with Crippen LogP contribution in [0, 0.1) is 11.3 Å². The van der Waals surface area contributed by atoms with E-state index in [1.807, 2.05) is 17.9 Å². The first-order valence-electron chi connectivity index (χ1n) is 6.77. The maximum Gasteiger partial charge on any atom is 0.180 e. The summed E-state index contributed by atoms with van der Waals surface area (Å²) in [6, 6.07) is 1.97. The Balaban J connectivity index is 2.43. The molecule has 8 heteroatoms. The van der Waals surface area contributed by atoms with Gasteiger partial charge in [-0.05, 0) is 19.8 Å². The van der Waals surface area contributed by atoms with Gasteiger partial charge in [0.1, 0.15) is 20.8 Å². The Labute approximate surface area is 129 Å². The van der Waals surface area contributed by atoms with Crippen LogP contribution in [0.4, 0.5) is 10.7 Å². The molecule has 1 atom stereocenters. The van der Waals surface area contributed by atoms with Gasteiger partial charge in [-0.2, -0.15) is 5.26 Å². The van der Waals surface area contributed by atoms with E-state index in [0.29, 0.717) is 18.1 Å². The number of rotatable bonds is 5. The molecule has 21 heavy (non-hydrogen) atoms. The molecule has 1 aliphatic heterocycles. The van der Waals surface area contributed by atoms with E-state index in [0.717, 1.165) is 37.0 Å². The molecule has 0 aliphatic carbocycles. The number of ether oxygens (including phenoxy) is 1. The molecular formula is C13H19N3O3S2. The first-order valence-corrected chi connectivity index (χ1v) is 9.48. The van der Waals surface area contributed by atoms with Crippen molar-refractivity contribution >= 4 is 31.9 Å². The standard InChI is InChI=1S/C13H19N3O3S2/c1-3-16(8-9-5-4-6-19-9)13-12(21(2,17)18)11(15)10(7-14)20-13/h9H,3-6,8,15H2,1-2H3. The lowest BCUT2D eigenvalue weighted by molar-refractivity contribution is 0.116. The molecule has 1 aliphatic rings. The first-order chi connectivity index (χ1) is 9.88. The van der Waals surface area contributed by atoms with Crippen molar-refractivity contribution in [1.82, 2.24) is 0 Å². The van der Waals surface area contributed by atoms with Crippen LogP contribution < -0.4 is 10.6 Å². The molecule has 1 aromatic heterocycles. The summed E-state index contributed by atoms with van der Waals surface area (Å²) >= 11 is 1.13. The topological polar surface area (TPSA) is 96.4 Å². The lowest BCUT2D eigenvalue weighted by atomic mass is 10.2. The first kappa shape index (κ1) is 16.1. The second-order valence-corrected chi connectivity index (χ2v) is 7.99. The molecule has 0 saturated carbocycles. The molecule has 1 unspecified atom stereocenters. The molecule has 2 heterocycles. The SMILES string of the molecule is CCN(CC1CCCO1)c1sc(C#N)c(N)c1S(C)(=O)=O. The van der Waals surface area contributed by atoms with Gasteiger partial charge in [0, 0.05) is 26.0 Å². The number of hydrogen-bond acceptors (Lipinski definition) is 7. The highest BCUT2D eigenvalue weighted by Crippen LogP contribution is 2.41. The van der Waals surface area contributed by atoms with Gasteiger partial charge in [0.05, 0.1) is 11.8 Å². The number of hydrogen-bond donors (Lipinski definition) is 1. The summed E-state index contributed by atoms with van der Waals surface area (Å²) in [5.41, 5.74) is 5.91. The third-order valence-electron chi connectivity index (χ3n) is 3.47. The highest BCUT2D eigenvalue weighted by atomic mass is 32.2. The molecule has 1 aromatic rings. The number of likely N-dealkylation sites (N-methyl/N-ethyl adjacent to an activating group) is 1. The Morgan fingerprint density at radius 1 is 1.57 bits per heavy atom. The van der Waals surface area contributed by atoms with Crippen molar-refractivity contribution in [3.05, 3.63) is 4.88 Å². The fourth-order valence-corrected chi connectivity index (χ4v) is 5.03. The van der Waals surface area contributed by atoms with E-state index in [1.54, 1.807) is 0 Å². The normalized spacial score (nSPS) is 18.6. The third-order valence-corrected chi connectivity index (χ3v) is 5.93. The van der Waals surface area contributed by atoms with Crippen LogP contribution in [0.2, 0.25) is 0 Å². The van der Waals surface area contributed by atoms with Gasteiger partial charge in [-0.25, -0.2) is 8.42 Å². The monoisotopic (exact) mass is 329 g/mol. The van der Waals surface area contributed by atoms with Crippen LogP contribution in [-0.2, 0) is 14.6 Å². The van der Waals surface area contributed by atoms with Crippen molar-refractivity contribution in [3.63, 3.8) is 0 Å². The zero-order valence-corrected chi connectivity index (χ0v) is 13.8. The lowest BCUT2D eigenvalue weighted by Crippen LogP contribution is -2.32. The number of thiophene rings is 1. The Morgan fingerprint density at radius 2 is 2.29 bits per heavy atom. The van der Waals surface area contributed by atoms with E-state index < -0.39 is 9.84 Å². The van der Waals surface area contributed by atoms with Gasteiger partial charge in [0.15, 0.2) is 9.84 Å². The number of anilines is 2. The summed E-state index contributed by atoms with van der Waals surface area (Å²) in [6.45, 7) is 3.94. The number of nitrogens with zero attached hydrogens (tertiary/aromatic N) is 2. The van der Waals surface area contributed by atoms with Gasteiger partial charge in [0.25, 0.3) is 0 Å². The predicted octanol–water partition coefficient (Wildman–Crippen LogP) is 1.61. The summed E-state index contributed by atoms with van der Waals surface area (Å²) in [7, 11) is -3.49. The average molecular weight is 329 g/mol. The molecule has 116 valence electrons. The molecule has 0 spiro atoms. The zero-order chi connectivity index (χ0) is 15.6. The molecule has 0 radical (unpaired) electrons. The second kappa shape index (κ2) is 6.22. The largest absolute Gasteiger partial charge is 0.396 e. The van der Waals surface area contributed by atoms with Crippen molar-refractivity contribution in [2.45, 2.75) is 30.8 Å². The summed E-state index contributed by atoms with van der Waals surface area (Å²) in [6.07, 6.45) is 3.22. The molecule has 1 saturated heterocycles. The molecule has 2 rings (SSSR count). The van der Waals surface area contributed by atoms with Crippen LogP contribution in [0.25, 0.3) is 0 Å². The Hall–Kier alpha value is -1.30. The summed E-state index contributed by atoms with van der Waals surface area (Å²) in [5.74, 6) is 0. The van der Waals surface area contributed by atoms with Gasteiger partial charge in [0.2, 0.25) is 0 Å². The van der Waals surface area contributed by atoms with E-state index in [-0.39, 0.29) is 21.6 Å². The van der Waals surface area contributed by atoms with Gasteiger partial charge in [-0.3, -0.25) is 0 Å². The van der Waals surface area contributed by atoms with Crippen molar-refractivity contribution < 1.29 is 13.2 Å². The minimum absolute atomic E-state index is 0.0609. The summed E-state index contributed by atoms with van der Waals surface area (Å²) in [4.78, 5) is 2.26. The van der Waals surface area contributed by atoms with Crippen molar-refractivity contribution in [1.29, 1.82) is 5.26 Å². The number of nitrogen functional groups attached to an aromatic ring is 1. The Bertz CT molecular complexity index is 655. The molecular weight excluding hydrogens is 310 g/mol. The van der Waals surface area contributed by atoms with Crippen molar-refractivity contribution in [2.24, 2.45) is 0 Å². The summed E-state index contributed by atoms with van der Waals surface area (Å²) in [5, 5.41) is 9.65. The van der Waals surface area contributed by atoms with Crippen molar-refractivity contribution in [2.75, 3.05) is 36.6 Å². The summed E-state index contributed by atoms with van der Waals surface area (Å²) < 4.78 is 29.7. The minimum Gasteiger partial charge on any atom is -0.396 e. The predicted molar refractivity (Wildman–Crippen MR) is 83.4 cm³/mol. The highest BCUT2D eigenvalue weighted by Gasteiger charge is 2.28. The number of nitriles is 1. The fraction of sp³-hybridized carbons (Fsp3) is 0.615. The maximum absolute atomic E-state index is 12.0. The van der Waals surface area contributed by atoms with Crippen LogP contribution >= 0.6 is 11.3 Å². The van der Waals surface area contributed by atoms with E-state index in [4.69, 9.17) is 15.7 Å². The highest BCUT2D eigenvalue weighted by molar-refractivity contribution is 7.91. The van der Waals surface area contributed by atoms with Gasteiger partial charge >= 0.3 is 0 Å². The van der Waals surface area contributed by atoms with E-state index in [9.17, 15) is 8.42 Å². The second-order valence-electron chi connectivity index (χ2n) is 5.04. The molecule has 0 aromatic carbocycles. The number of sulfone groups is 1. The van der Waals surface area contributed by atoms with Crippen LogP contribution in [0.1, 0.15) is 24.6 Å². The van der Waals surface area contributed by atoms with E-state index in [2.05, 4.69) is 0 Å². The zero-order valence-electron chi connectivity index (χ0n) is 12.1. The smallest absolute Gasteiger partial charge is 0.180 e. The molecule has 0 amide bonds. The number of nitrogens with two attached hydrogens (primary N) is 1. The minimum atomic E-state index is -3.49. The van der Waals surface area contributed by atoms with Crippen LogP contribution in [0.15, 0.2) is 4.90 Å². The van der Waals surface area contributed by atoms with Crippen LogP contribution in [0.3, 0.4) is 0 Å². The molecule has 2 N–H and O–H groups in total. The lowest BCUT2D eigenvalue weighted by Gasteiger charge is -2.25. The maximum atomic E-state index is 12.0. The van der Waals surface area contributed by atoms with E-state index >= 15 is 0 Å². The third kappa shape index (κ3) is 3.31. The average Bonchev–Trinajstić information content (AvgIpc) is 3.02. The van der Waals surface area contributed by atoms with Gasteiger partial charge in [-0.1, -0.05) is 0 Å². The molecule has 0 bridgehead atoms. The fourth-order valence-electron chi connectivity index (χ4n) is 2.46. The molecule has 1 fully saturated rings. The quantitative estimate of drug-likeness (QED) is 0.881. The van der Waals surface area contributed by atoms with Crippen LogP contribution in [0.5, 0.6) is 0 Å². The van der Waals surface area contributed by atoms with Gasteiger partial charge in [-0.15, -0.1) is 11.3 Å².